The van der Waals surface area contributed by atoms with Gasteiger partial charge < -0.3 is 0 Å². The molecule has 0 aromatic carbocycles. The maximum atomic E-state index is 4.04. The molecule has 0 atom stereocenters. The lowest BCUT2D eigenvalue weighted by Gasteiger charge is -2.25. The molecule has 0 aliphatic carbocycles. The van der Waals surface area contributed by atoms with E-state index in [-0.39, 0.29) is 5.41 Å². The van der Waals surface area contributed by atoms with Gasteiger partial charge in [-0.3, -0.25) is 9.97 Å². The summed E-state index contributed by atoms with van der Waals surface area (Å²) in [6.07, 6.45) is 7.33. The second-order valence-electron chi connectivity index (χ2n) is 4.10. The molecular formula is C13H14N2. The standard InChI is InChI=1S/C13H14N2/c1-13(2,11-3-7-14-8-4-11)12-5-9-15-10-6-12/h3-10H,1-2H3. The van der Waals surface area contributed by atoms with E-state index in [4.69, 9.17) is 0 Å². The van der Waals surface area contributed by atoms with E-state index >= 15 is 0 Å². The van der Waals surface area contributed by atoms with Gasteiger partial charge in [-0.05, 0) is 35.4 Å². The van der Waals surface area contributed by atoms with Crippen molar-refractivity contribution in [2.75, 3.05) is 0 Å². The van der Waals surface area contributed by atoms with Gasteiger partial charge in [-0.1, -0.05) is 13.8 Å². The van der Waals surface area contributed by atoms with Gasteiger partial charge in [0.15, 0.2) is 0 Å². The third kappa shape index (κ3) is 1.89. The van der Waals surface area contributed by atoms with Crippen molar-refractivity contribution < 1.29 is 0 Å². The first-order valence-corrected chi connectivity index (χ1v) is 5.02. The van der Waals surface area contributed by atoms with Gasteiger partial charge in [-0.2, -0.15) is 0 Å². The summed E-state index contributed by atoms with van der Waals surface area (Å²) in [4.78, 5) is 8.08. The summed E-state index contributed by atoms with van der Waals surface area (Å²) in [6.45, 7) is 4.41. The fourth-order valence-electron chi connectivity index (χ4n) is 1.70. The number of hydrogen-bond donors (Lipinski definition) is 0. The lowest BCUT2D eigenvalue weighted by molar-refractivity contribution is 0.638. The minimum Gasteiger partial charge on any atom is -0.265 e. The van der Waals surface area contributed by atoms with Crippen LogP contribution in [0.15, 0.2) is 49.1 Å². The van der Waals surface area contributed by atoms with Crippen molar-refractivity contribution in [2.24, 2.45) is 0 Å². The minimum absolute atomic E-state index is 0.00583. The van der Waals surface area contributed by atoms with Gasteiger partial charge in [0.05, 0.1) is 0 Å². The van der Waals surface area contributed by atoms with Crippen LogP contribution >= 0.6 is 0 Å². The summed E-state index contributed by atoms with van der Waals surface area (Å²) in [5.74, 6) is 0. The van der Waals surface area contributed by atoms with Crippen molar-refractivity contribution in [3.8, 4) is 0 Å². The fraction of sp³-hybridized carbons (Fsp3) is 0.231. The van der Waals surface area contributed by atoms with Gasteiger partial charge in [0.25, 0.3) is 0 Å². The molecule has 0 amide bonds. The largest absolute Gasteiger partial charge is 0.265 e. The van der Waals surface area contributed by atoms with E-state index in [0.717, 1.165) is 0 Å². The van der Waals surface area contributed by atoms with E-state index in [0.29, 0.717) is 0 Å². The van der Waals surface area contributed by atoms with Crippen LogP contribution in [0.1, 0.15) is 25.0 Å². The molecule has 2 heterocycles. The second kappa shape index (κ2) is 3.81. The van der Waals surface area contributed by atoms with Crippen LogP contribution in [0.4, 0.5) is 0 Å². The Morgan fingerprint density at radius 2 is 1.07 bits per heavy atom. The minimum atomic E-state index is 0.00583. The van der Waals surface area contributed by atoms with Gasteiger partial charge in [-0.15, -0.1) is 0 Å². The van der Waals surface area contributed by atoms with Crippen LogP contribution in [0, 0.1) is 0 Å². The Bertz CT molecular complexity index is 379. The van der Waals surface area contributed by atoms with E-state index in [2.05, 4.69) is 48.1 Å². The van der Waals surface area contributed by atoms with Crippen molar-refractivity contribution in [1.29, 1.82) is 0 Å². The topological polar surface area (TPSA) is 25.8 Å². The molecule has 15 heavy (non-hydrogen) atoms. The molecule has 0 saturated carbocycles. The van der Waals surface area contributed by atoms with Crippen LogP contribution in [0.25, 0.3) is 0 Å². The Labute approximate surface area is 90.0 Å². The predicted molar refractivity (Wildman–Crippen MR) is 60.6 cm³/mol. The highest BCUT2D eigenvalue weighted by molar-refractivity contribution is 5.34. The zero-order chi connectivity index (χ0) is 10.7. The zero-order valence-electron chi connectivity index (χ0n) is 9.01. The van der Waals surface area contributed by atoms with Gasteiger partial charge in [0.2, 0.25) is 0 Å². The van der Waals surface area contributed by atoms with Gasteiger partial charge >= 0.3 is 0 Å². The SMILES string of the molecule is CC(C)(c1ccncc1)c1ccncc1. The van der Waals surface area contributed by atoms with Gasteiger partial charge in [0.1, 0.15) is 0 Å². The highest BCUT2D eigenvalue weighted by atomic mass is 14.6. The van der Waals surface area contributed by atoms with Crippen molar-refractivity contribution in [2.45, 2.75) is 19.3 Å². The summed E-state index contributed by atoms with van der Waals surface area (Å²) in [6, 6.07) is 8.22. The van der Waals surface area contributed by atoms with Crippen LogP contribution < -0.4 is 0 Å². The monoisotopic (exact) mass is 198 g/mol. The predicted octanol–water partition coefficient (Wildman–Crippen LogP) is 2.80. The summed E-state index contributed by atoms with van der Waals surface area (Å²) < 4.78 is 0. The summed E-state index contributed by atoms with van der Waals surface area (Å²) in [5.41, 5.74) is 2.54. The average molecular weight is 198 g/mol. The lowest BCUT2D eigenvalue weighted by atomic mass is 9.79. The van der Waals surface area contributed by atoms with Crippen LogP contribution in [0.3, 0.4) is 0 Å². The highest BCUT2D eigenvalue weighted by Gasteiger charge is 2.22. The van der Waals surface area contributed by atoms with Crippen molar-refractivity contribution in [3.63, 3.8) is 0 Å². The first-order valence-electron chi connectivity index (χ1n) is 5.02. The molecule has 0 saturated heterocycles. The maximum absolute atomic E-state index is 4.04. The van der Waals surface area contributed by atoms with Crippen molar-refractivity contribution in [3.05, 3.63) is 60.2 Å². The number of nitrogens with zero attached hydrogens (tertiary/aromatic N) is 2. The molecule has 0 fully saturated rings. The van der Waals surface area contributed by atoms with Crippen LogP contribution in [0.2, 0.25) is 0 Å². The van der Waals surface area contributed by atoms with E-state index in [1.54, 1.807) is 0 Å². The van der Waals surface area contributed by atoms with E-state index in [1.165, 1.54) is 11.1 Å². The Morgan fingerprint density at radius 1 is 0.733 bits per heavy atom. The summed E-state index contributed by atoms with van der Waals surface area (Å²) in [7, 11) is 0. The fourth-order valence-corrected chi connectivity index (χ4v) is 1.70. The Morgan fingerprint density at radius 3 is 1.40 bits per heavy atom. The average Bonchev–Trinajstić information content (AvgIpc) is 2.31. The summed E-state index contributed by atoms with van der Waals surface area (Å²) in [5, 5.41) is 0. The van der Waals surface area contributed by atoms with Crippen LogP contribution in [0.5, 0.6) is 0 Å². The van der Waals surface area contributed by atoms with Crippen molar-refractivity contribution in [1.82, 2.24) is 9.97 Å². The molecular weight excluding hydrogens is 184 g/mol. The van der Waals surface area contributed by atoms with Gasteiger partial charge in [0, 0.05) is 30.2 Å². The molecule has 2 nitrogen and oxygen atoms in total. The summed E-state index contributed by atoms with van der Waals surface area (Å²) >= 11 is 0. The number of aromatic nitrogens is 2. The third-order valence-corrected chi connectivity index (χ3v) is 2.80. The molecule has 0 N–H and O–H groups in total. The molecule has 76 valence electrons. The first kappa shape index (κ1) is 9.84. The van der Waals surface area contributed by atoms with E-state index in [9.17, 15) is 0 Å². The Balaban J connectivity index is 2.44. The molecule has 2 aromatic rings. The molecule has 0 spiro atoms. The molecule has 2 heteroatoms. The molecule has 0 bridgehead atoms. The quantitative estimate of drug-likeness (QED) is 0.741. The number of rotatable bonds is 2. The number of hydrogen-bond acceptors (Lipinski definition) is 2. The van der Waals surface area contributed by atoms with Crippen molar-refractivity contribution >= 4 is 0 Å². The van der Waals surface area contributed by atoms with Crippen LogP contribution in [-0.4, -0.2) is 9.97 Å². The zero-order valence-corrected chi connectivity index (χ0v) is 9.01. The molecule has 2 aromatic heterocycles. The van der Waals surface area contributed by atoms with Gasteiger partial charge in [-0.25, -0.2) is 0 Å². The Kier molecular flexibility index (Phi) is 2.50. The first-order chi connectivity index (χ1) is 7.21. The van der Waals surface area contributed by atoms with Crippen LogP contribution in [-0.2, 0) is 5.41 Å². The highest BCUT2D eigenvalue weighted by Crippen LogP contribution is 2.30. The maximum Gasteiger partial charge on any atom is 0.0270 e. The smallest absolute Gasteiger partial charge is 0.0270 e. The number of pyridine rings is 2. The molecule has 0 unspecified atom stereocenters. The molecule has 0 aliphatic heterocycles. The lowest BCUT2D eigenvalue weighted by Crippen LogP contribution is -2.18. The third-order valence-electron chi connectivity index (χ3n) is 2.80. The van der Waals surface area contributed by atoms with E-state index in [1.807, 2.05) is 24.8 Å². The normalized spacial score (nSPS) is 11.3. The molecule has 0 aliphatic rings. The Hall–Kier alpha value is -1.70. The molecule has 0 radical (unpaired) electrons. The second-order valence-corrected chi connectivity index (χ2v) is 4.10. The van der Waals surface area contributed by atoms with E-state index < -0.39 is 0 Å². The molecule has 2 rings (SSSR count).